The van der Waals surface area contributed by atoms with Gasteiger partial charge in [-0.05, 0) is 28.1 Å². The summed E-state index contributed by atoms with van der Waals surface area (Å²) in [7, 11) is 1.29. The minimum atomic E-state index is -1.82. The molecule has 0 bridgehead atoms. The van der Waals surface area contributed by atoms with Crippen molar-refractivity contribution in [3.63, 3.8) is 0 Å². The van der Waals surface area contributed by atoms with Gasteiger partial charge in [0, 0.05) is 16.9 Å². The van der Waals surface area contributed by atoms with Gasteiger partial charge < -0.3 is 24.6 Å². The first-order valence-electron chi connectivity index (χ1n) is 5.71. The molecule has 2 heterocycles. The Morgan fingerprint density at radius 3 is 2.22 bits per heavy atom. The molecular weight excluding hydrogens is 378 g/mol. The van der Waals surface area contributed by atoms with Gasteiger partial charge in [0.15, 0.2) is 0 Å². The number of carboxylic acid groups (broad SMARTS) is 3. The quantitative estimate of drug-likeness (QED) is 0.395. The van der Waals surface area contributed by atoms with Crippen molar-refractivity contribution >= 4 is 45.2 Å². The second-order valence-electron chi connectivity index (χ2n) is 3.78. The van der Waals surface area contributed by atoms with Crippen LogP contribution in [0, 0.1) is 0 Å². The van der Waals surface area contributed by atoms with Crippen molar-refractivity contribution in [3.8, 4) is 0 Å². The van der Waals surface area contributed by atoms with Crippen molar-refractivity contribution in [2.75, 3.05) is 7.11 Å². The smallest absolute Gasteiger partial charge is 0.414 e. The molecular formula is C12H10BrN3O7. The van der Waals surface area contributed by atoms with E-state index in [-0.39, 0.29) is 11.4 Å². The molecule has 3 N–H and O–H groups in total. The fraction of sp³-hybridized carbons (Fsp3) is 0.0833. The number of pyridine rings is 1. The Hall–Kier alpha value is -2.95. The first kappa shape index (κ1) is 18.1. The van der Waals surface area contributed by atoms with Gasteiger partial charge in [0.25, 0.3) is 0 Å². The van der Waals surface area contributed by atoms with Crippen LogP contribution in [0.5, 0.6) is 0 Å². The van der Waals surface area contributed by atoms with Gasteiger partial charge in [-0.25, -0.2) is 19.4 Å². The van der Waals surface area contributed by atoms with E-state index in [0.717, 1.165) is 4.47 Å². The minimum Gasteiger partial charge on any atom is -0.476 e. The summed E-state index contributed by atoms with van der Waals surface area (Å²) in [4.78, 5) is 37.8. The number of imidazole rings is 1. The fourth-order valence-corrected chi connectivity index (χ4v) is 1.72. The van der Waals surface area contributed by atoms with E-state index in [1.165, 1.54) is 7.11 Å². The van der Waals surface area contributed by atoms with Crippen LogP contribution in [0.25, 0.3) is 5.65 Å². The lowest BCUT2D eigenvalue weighted by Gasteiger charge is -1.94. The molecule has 2 aromatic heterocycles. The highest BCUT2D eigenvalue weighted by atomic mass is 79.9. The lowest BCUT2D eigenvalue weighted by atomic mass is 10.3. The molecule has 0 aliphatic rings. The SMILES string of the molecule is CO/N=C(/C(=O)O)c1cn2cc(Br)ccc2n1.O=C(O)C(=O)O. The van der Waals surface area contributed by atoms with E-state index in [0.29, 0.717) is 5.65 Å². The lowest BCUT2D eigenvalue weighted by Crippen LogP contribution is -2.15. The van der Waals surface area contributed by atoms with Crippen molar-refractivity contribution in [2.45, 2.75) is 0 Å². The second kappa shape index (κ2) is 7.89. The summed E-state index contributed by atoms with van der Waals surface area (Å²) in [6.45, 7) is 0. The second-order valence-corrected chi connectivity index (χ2v) is 4.69. The van der Waals surface area contributed by atoms with E-state index in [4.69, 9.17) is 24.9 Å². The number of halogens is 1. The predicted molar refractivity (Wildman–Crippen MR) is 79.3 cm³/mol. The first-order chi connectivity index (χ1) is 10.8. The third kappa shape index (κ3) is 5.07. The molecule has 0 radical (unpaired) electrons. The number of nitrogens with zero attached hydrogens (tertiary/aromatic N) is 3. The number of carboxylic acids is 3. The average molecular weight is 388 g/mol. The number of hydrogen-bond acceptors (Lipinski definition) is 6. The van der Waals surface area contributed by atoms with Crippen LogP contribution in [0.2, 0.25) is 0 Å². The highest BCUT2D eigenvalue weighted by Crippen LogP contribution is 2.13. The molecule has 0 aliphatic carbocycles. The van der Waals surface area contributed by atoms with E-state index in [1.807, 2.05) is 6.07 Å². The molecule has 0 spiro atoms. The summed E-state index contributed by atoms with van der Waals surface area (Å²) in [5.74, 6) is -4.83. The summed E-state index contributed by atoms with van der Waals surface area (Å²) in [5, 5.41) is 27.2. The molecule has 0 aliphatic heterocycles. The molecule has 11 heteroatoms. The van der Waals surface area contributed by atoms with Crippen LogP contribution in [0.3, 0.4) is 0 Å². The molecule has 0 unspecified atom stereocenters. The van der Waals surface area contributed by atoms with Gasteiger partial charge in [-0.1, -0.05) is 5.16 Å². The first-order valence-corrected chi connectivity index (χ1v) is 6.50. The lowest BCUT2D eigenvalue weighted by molar-refractivity contribution is -0.159. The van der Waals surface area contributed by atoms with E-state index in [9.17, 15) is 4.79 Å². The number of carbonyl (C=O) groups is 3. The predicted octanol–water partition coefficient (Wildman–Crippen LogP) is 0.688. The number of fused-ring (bicyclic) bond motifs is 1. The van der Waals surface area contributed by atoms with Crippen molar-refractivity contribution < 1.29 is 34.5 Å². The number of aliphatic carboxylic acids is 3. The Morgan fingerprint density at radius 2 is 1.74 bits per heavy atom. The highest BCUT2D eigenvalue weighted by molar-refractivity contribution is 9.10. The van der Waals surface area contributed by atoms with Crippen LogP contribution in [0.1, 0.15) is 5.69 Å². The van der Waals surface area contributed by atoms with Crippen LogP contribution in [0.4, 0.5) is 0 Å². The zero-order valence-electron chi connectivity index (χ0n) is 11.5. The van der Waals surface area contributed by atoms with Gasteiger partial charge in [-0.2, -0.15) is 0 Å². The minimum absolute atomic E-state index is 0.229. The van der Waals surface area contributed by atoms with E-state index in [2.05, 4.69) is 30.9 Å². The zero-order chi connectivity index (χ0) is 17.6. The molecule has 0 fully saturated rings. The molecule has 10 nitrogen and oxygen atoms in total. The Balaban J connectivity index is 0.000000379. The Kier molecular flexibility index (Phi) is 6.21. The largest absolute Gasteiger partial charge is 0.476 e. The highest BCUT2D eigenvalue weighted by Gasteiger charge is 2.17. The van der Waals surface area contributed by atoms with Gasteiger partial charge in [-0.3, -0.25) is 0 Å². The van der Waals surface area contributed by atoms with Crippen molar-refractivity contribution in [1.29, 1.82) is 0 Å². The summed E-state index contributed by atoms with van der Waals surface area (Å²) >= 11 is 3.32. The average Bonchev–Trinajstić information content (AvgIpc) is 2.87. The Labute approximate surface area is 136 Å². The Bertz CT molecular complexity index is 772. The third-order valence-electron chi connectivity index (χ3n) is 2.23. The fourth-order valence-electron chi connectivity index (χ4n) is 1.37. The number of hydrogen-bond donors (Lipinski definition) is 3. The molecule has 0 atom stereocenters. The summed E-state index contributed by atoms with van der Waals surface area (Å²) in [6.07, 6.45) is 3.35. The topological polar surface area (TPSA) is 151 Å². The molecule has 0 aromatic carbocycles. The molecule has 2 rings (SSSR count). The maximum absolute atomic E-state index is 11.0. The number of oxime groups is 1. The van der Waals surface area contributed by atoms with E-state index < -0.39 is 17.9 Å². The van der Waals surface area contributed by atoms with Crippen LogP contribution < -0.4 is 0 Å². The van der Waals surface area contributed by atoms with E-state index >= 15 is 0 Å². The maximum Gasteiger partial charge on any atom is 0.414 e. The number of rotatable bonds is 3. The van der Waals surface area contributed by atoms with Crippen LogP contribution in [-0.2, 0) is 19.2 Å². The van der Waals surface area contributed by atoms with Crippen molar-refractivity contribution in [1.82, 2.24) is 9.38 Å². The normalized spacial score (nSPS) is 10.6. The summed E-state index contributed by atoms with van der Waals surface area (Å²) in [5.41, 5.74) is 0.651. The van der Waals surface area contributed by atoms with Gasteiger partial charge in [-0.15, -0.1) is 0 Å². The molecule has 122 valence electrons. The third-order valence-corrected chi connectivity index (χ3v) is 2.69. The van der Waals surface area contributed by atoms with Gasteiger partial charge >= 0.3 is 17.9 Å². The van der Waals surface area contributed by atoms with Crippen LogP contribution in [-0.4, -0.2) is 55.4 Å². The maximum atomic E-state index is 11.0. The van der Waals surface area contributed by atoms with Crippen LogP contribution >= 0.6 is 15.9 Å². The van der Waals surface area contributed by atoms with Crippen molar-refractivity contribution in [3.05, 3.63) is 34.7 Å². The molecule has 0 saturated carbocycles. The Morgan fingerprint density at radius 1 is 1.13 bits per heavy atom. The molecule has 0 amide bonds. The molecule has 23 heavy (non-hydrogen) atoms. The summed E-state index contributed by atoms with van der Waals surface area (Å²) in [6, 6.07) is 3.58. The zero-order valence-corrected chi connectivity index (χ0v) is 13.1. The standard InChI is InChI=1S/C10H8BrN3O3.C2H2O4/c1-17-13-9(10(15)16)7-5-14-4-6(11)2-3-8(14)12-7;3-1(4)2(5)6/h2-5H,1H3,(H,15,16);(H,3,4)(H,5,6)/b13-9+;. The summed E-state index contributed by atoms with van der Waals surface area (Å²) < 4.78 is 2.57. The van der Waals surface area contributed by atoms with Crippen LogP contribution in [0.15, 0.2) is 34.2 Å². The molecule has 0 saturated heterocycles. The number of aromatic nitrogens is 2. The van der Waals surface area contributed by atoms with Gasteiger partial charge in [0.2, 0.25) is 5.71 Å². The van der Waals surface area contributed by atoms with Crippen molar-refractivity contribution in [2.24, 2.45) is 5.16 Å². The van der Waals surface area contributed by atoms with E-state index in [1.54, 1.807) is 22.9 Å². The van der Waals surface area contributed by atoms with Gasteiger partial charge in [0.05, 0.1) is 0 Å². The van der Waals surface area contributed by atoms with Gasteiger partial charge in [0.1, 0.15) is 18.5 Å². The molecule has 2 aromatic rings. The monoisotopic (exact) mass is 387 g/mol.